The van der Waals surface area contributed by atoms with Crippen LogP contribution >= 0.6 is 0 Å². The summed E-state index contributed by atoms with van der Waals surface area (Å²) in [6, 6.07) is 11.2. The number of methoxy groups -OCH3 is 1. The Morgan fingerprint density at radius 2 is 1.92 bits per heavy atom. The highest BCUT2D eigenvalue weighted by molar-refractivity contribution is 5.89. The van der Waals surface area contributed by atoms with Crippen molar-refractivity contribution in [3.8, 4) is 11.1 Å². The van der Waals surface area contributed by atoms with Gasteiger partial charge in [0.15, 0.2) is 0 Å². The van der Waals surface area contributed by atoms with Gasteiger partial charge in [-0.25, -0.2) is 9.18 Å². The second-order valence-corrected chi connectivity index (χ2v) is 10.6. The Hall–Kier alpha value is -3.17. The van der Waals surface area contributed by atoms with Gasteiger partial charge in [0.2, 0.25) is 5.60 Å². The molecule has 0 radical (unpaired) electrons. The van der Waals surface area contributed by atoms with E-state index in [1.165, 1.54) is 17.0 Å². The highest BCUT2D eigenvalue weighted by atomic mass is 19.1. The molecule has 2 aromatic carbocycles. The predicted molar refractivity (Wildman–Crippen MR) is 140 cm³/mol. The zero-order valence-electron chi connectivity index (χ0n) is 22.3. The van der Waals surface area contributed by atoms with Gasteiger partial charge < -0.3 is 30.1 Å². The Bertz CT molecular complexity index is 1120. The monoisotopic (exact) mass is 515 g/mol. The minimum atomic E-state index is -1.54. The van der Waals surface area contributed by atoms with Gasteiger partial charge in [-0.2, -0.15) is 0 Å². The van der Waals surface area contributed by atoms with Gasteiger partial charge in [-0.15, -0.1) is 0 Å². The largest absolute Gasteiger partial charge is 0.431 e. The van der Waals surface area contributed by atoms with E-state index in [2.05, 4.69) is 0 Å². The Kier molecular flexibility index (Phi) is 8.81. The summed E-state index contributed by atoms with van der Waals surface area (Å²) in [6.07, 6.45) is -0.158. The summed E-state index contributed by atoms with van der Waals surface area (Å²) in [7, 11) is 3.21. The van der Waals surface area contributed by atoms with E-state index in [9.17, 15) is 19.1 Å². The first-order chi connectivity index (χ1) is 17.4. The molecule has 1 aliphatic heterocycles. The third kappa shape index (κ3) is 6.05. The van der Waals surface area contributed by atoms with Crippen LogP contribution in [0.25, 0.3) is 11.1 Å². The molecule has 2 aromatic rings. The fraction of sp³-hybridized carbons (Fsp3) is 0.500. The predicted octanol–water partition coefficient (Wildman–Crippen LogP) is 3.94. The number of anilines is 1. The number of nitrogens with zero attached hydrogens (tertiary/aromatic N) is 2. The molecule has 0 aliphatic carbocycles. The quantitative estimate of drug-likeness (QED) is 0.552. The van der Waals surface area contributed by atoms with Crippen molar-refractivity contribution in [2.24, 2.45) is 11.1 Å². The van der Waals surface area contributed by atoms with E-state index < -0.39 is 23.2 Å². The van der Waals surface area contributed by atoms with E-state index in [0.29, 0.717) is 49.4 Å². The molecule has 3 rings (SSSR count). The van der Waals surface area contributed by atoms with Crippen LogP contribution < -0.4 is 10.6 Å². The van der Waals surface area contributed by atoms with Crippen LogP contribution in [0.15, 0.2) is 42.5 Å². The number of hydrogen-bond acceptors (Lipinski definition) is 6. The summed E-state index contributed by atoms with van der Waals surface area (Å²) in [5.74, 6) is -0.699. The molecule has 37 heavy (non-hydrogen) atoms. The lowest BCUT2D eigenvalue weighted by atomic mass is 9.69. The van der Waals surface area contributed by atoms with Gasteiger partial charge in [0, 0.05) is 44.9 Å². The van der Waals surface area contributed by atoms with Gasteiger partial charge in [-0.3, -0.25) is 4.79 Å². The Labute approximate surface area is 218 Å². The van der Waals surface area contributed by atoms with Crippen LogP contribution in [0.5, 0.6) is 0 Å². The second-order valence-electron chi connectivity index (χ2n) is 10.6. The number of benzene rings is 2. The minimum absolute atomic E-state index is 0.267. The van der Waals surface area contributed by atoms with E-state index in [4.69, 9.17) is 15.2 Å². The first-order valence-corrected chi connectivity index (χ1v) is 12.4. The van der Waals surface area contributed by atoms with Crippen molar-refractivity contribution in [2.45, 2.75) is 51.9 Å². The minimum Gasteiger partial charge on any atom is -0.431 e. The van der Waals surface area contributed by atoms with Gasteiger partial charge in [0.1, 0.15) is 5.82 Å². The number of carbonyl (C=O) groups is 2. The number of aliphatic hydroxyl groups excluding tert-OH is 1. The van der Waals surface area contributed by atoms with Crippen molar-refractivity contribution < 1.29 is 28.6 Å². The molecule has 2 unspecified atom stereocenters. The van der Waals surface area contributed by atoms with E-state index in [-0.39, 0.29) is 18.3 Å². The molecular formula is C28H38FN3O5. The van der Waals surface area contributed by atoms with Crippen LogP contribution in [0.4, 0.5) is 14.9 Å². The highest BCUT2D eigenvalue weighted by Gasteiger charge is 2.58. The van der Waals surface area contributed by atoms with Crippen molar-refractivity contribution in [3.05, 3.63) is 53.8 Å². The smallest absolute Gasteiger partial charge is 0.405 e. The summed E-state index contributed by atoms with van der Waals surface area (Å²) in [5, 5.41) is 10.3. The Morgan fingerprint density at radius 1 is 1.22 bits per heavy atom. The average Bonchev–Trinajstić information content (AvgIpc) is 2.85. The van der Waals surface area contributed by atoms with Crippen molar-refractivity contribution in [2.75, 3.05) is 38.8 Å². The Balaban J connectivity index is 2.14. The topological polar surface area (TPSA) is 105 Å². The SMILES string of the molecule is COCCN(C)C(=O)C1(OC(N)=O)CCCN(c2ccc(-c3cccc(F)c3)cc2CO)C1C(C)(C)C. The molecule has 1 heterocycles. The molecule has 1 fully saturated rings. The molecule has 0 spiro atoms. The zero-order valence-corrected chi connectivity index (χ0v) is 22.3. The molecule has 8 nitrogen and oxygen atoms in total. The number of rotatable bonds is 8. The number of aliphatic hydroxyl groups is 1. The first-order valence-electron chi connectivity index (χ1n) is 12.4. The van der Waals surface area contributed by atoms with E-state index in [1.807, 2.05) is 43.9 Å². The molecule has 2 amide bonds. The molecular weight excluding hydrogens is 477 g/mol. The fourth-order valence-electron chi connectivity index (χ4n) is 5.50. The van der Waals surface area contributed by atoms with E-state index in [0.717, 1.165) is 5.56 Å². The lowest BCUT2D eigenvalue weighted by Crippen LogP contribution is -2.70. The third-order valence-electron chi connectivity index (χ3n) is 6.86. The molecule has 0 aromatic heterocycles. The molecule has 0 bridgehead atoms. The average molecular weight is 516 g/mol. The van der Waals surface area contributed by atoms with Crippen molar-refractivity contribution in [1.82, 2.24) is 4.90 Å². The van der Waals surface area contributed by atoms with Gasteiger partial charge >= 0.3 is 6.09 Å². The summed E-state index contributed by atoms with van der Waals surface area (Å²) >= 11 is 0. The Morgan fingerprint density at radius 3 is 2.51 bits per heavy atom. The molecule has 202 valence electrons. The van der Waals surface area contributed by atoms with Gasteiger partial charge in [0.05, 0.1) is 19.3 Å². The molecule has 1 saturated heterocycles. The maximum Gasteiger partial charge on any atom is 0.405 e. The van der Waals surface area contributed by atoms with Crippen LogP contribution in [0.1, 0.15) is 39.2 Å². The highest BCUT2D eigenvalue weighted by Crippen LogP contribution is 2.45. The van der Waals surface area contributed by atoms with Crippen LogP contribution in [0.3, 0.4) is 0 Å². The fourth-order valence-corrected chi connectivity index (χ4v) is 5.50. The summed E-state index contributed by atoms with van der Waals surface area (Å²) in [4.78, 5) is 29.7. The maximum atomic E-state index is 13.9. The lowest BCUT2D eigenvalue weighted by molar-refractivity contribution is -0.159. The summed E-state index contributed by atoms with van der Waals surface area (Å²) in [5.41, 5.74) is 6.24. The summed E-state index contributed by atoms with van der Waals surface area (Å²) in [6.45, 7) is 6.91. The lowest BCUT2D eigenvalue weighted by Gasteiger charge is -2.54. The molecule has 0 saturated carbocycles. The number of ether oxygens (including phenoxy) is 2. The van der Waals surface area contributed by atoms with Crippen LogP contribution in [-0.2, 0) is 20.9 Å². The van der Waals surface area contributed by atoms with Crippen molar-refractivity contribution in [3.63, 3.8) is 0 Å². The standard InChI is InChI=1S/C28H38FN3O5/c1-27(2,3)24-28(37-26(30)35,25(34)31(4)14-15-36-5)12-7-13-32(24)23-11-10-20(16-21(23)18-33)19-8-6-9-22(29)17-19/h6,8-11,16-17,24,33H,7,12-15,18H2,1-5H3,(H2,30,35). The number of likely N-dealkylation sites (N-methyl/N-ethyl adjacent to an activating group) is 1. The molecule has 2 atom stereocenters. The van der Waals surface area contributed by atoms with Gasteiger partial charge in [0.25, 0.3) is 5.91 Å². The van der Waals surface area contributed by atoms with Gasteiger partial charge in [-0.05, 0) is 47.2 Å². The second kappa shape index (κ2) is 11.5. The molecule has 3 N–H and O–H groups in total. The van der Waals surface area contributed by atoms with Crippen molar-refractivity contribution in [1.29, 1.82) is 0 Å². The number of hydrogen-bond donors (Lipinski definition) is 2. The number of piperidine rings is 1. The molecule has 1 aliphatic rings. The third-order valence-corrected chi connectivity index (χ3v) is 6.86. The van der Waals surface area contributed by atoms with Crippen LogP contribution in [0.2, 0.25) is 0 Å². The maximum absolute atomic E-state index is 13.9. The number of nitrogens with two attached hydrogens (primary N) is 1. The van der Waals surface area contributed by atoms with Crippen LogP contribution in [0, 0.1) is 11.2 Å². The van der Waals surface area contributed by atoms with Crippen molar-refractivity contribution >= 4 is 17.7 Å². The zero-order chi connectivity index (χ0) is 27.4. The normalized spacial score (nSPS) is 20.0. The van der Waals surface area contributed by atoms with E-state index in [1.54, 1.807) is 26.3 Å². The number of halogens is 1. The number of carbonyl (C=O) groups excluding carboxylic acids is 2. The number of primary amides is 1. The molecule has 9 heteroatoms. The van der Waals surface area contributed by atoms with Crippen LogP contribution in [-0.4, -0.2) is 67.5 Å². The first kappa shape index (κ1) is 28.4. The summed E-state index contributed by atoms with van der Waals surface area (Å²) < 4.78 is 24.8. The van der Waals surface area contributed by atoms with Gasteiger partial charge in [-0.1, -0.05) is 39.0 Å². The van der Waals surface area contributed by atoms with E-state index >= 15 is 0 Å². The number of amides is 2.